The molecule has 2 aromatic carbocycles. The third kappa shape index (κ3) is 4.20. The number of carbonyl (C=O) groups is 1. The van der Waals surface area contributed by atoms with Crippen LogP contribution in [-0.2, 0) is 11.3 Å². The number of fused-ring (bicyclic) bond motifs is 1. The highest BCUT2D eigenvalue weighted by Gasteiger charge is 2.14. The molecule has 1 heterocycles. The lowest BCUT2D eigenvalue weighted by atomic mass is 10.2. The quantitative estimate of drug-likeness (QED) is 0.790. The Bertz CT molecular complexity index is 675. The third-order valence-electron chi connectivity index (χ3n) is 3.56. The molecule has 0 saturated heterocycles. The summed E-state index contributed by atoms with van der Waals surface area (Å²) in [6.45, 7) is 1.71. The number of benzene rings is 2. The van der Waals surface area contributed by atoms with Crippen LogP contribution in [0.25, 0.3) is 0 Å². The second kappa shape index (κ2) is 7.42. The lowest BCUT2D eigenvalue weighted by Crippen LogP contribution is -2.27. The molecule has 0 fully saturated rings. The van der Waals surface area contributed by atoms with Crippen LogP contribution in [-0.4, -0.2) is 36.8 Å². The van der Waals surface area contributed by atoms with E-state index in [0.717, 1.165) is 22.0 Å². The maximum Gasteiger partial charge on any atom is 0.232 e. The molecule has 120 valence electrons. The predicted octanol–water partition coefficient (Wildman–Crippen LogP) is 3.21. The van der Waals surface area contributed by atoms with Crippen molar-refractivity contribution in [3.8, 4) is 11.5 Å². The standard InChI is InChI=1S/C18H19NO3S/c1-19(18(20)13-23-15-5-3-2-4-6-15)12-14-7-8-16-17(11-14)22-10-9-21-16/h2-8,11H,9-10,12-13H2,1H3. The molecule has 0 saturated carbocycles. The molecule has 3 rings (SSSR count). The summed E-state index contributed by atoms with van der Waals surface area (Å²) in [5.41, 5.74) is 1.04. The number of hydrogen-bond donors (Lipinski definition) is 0. The summed E-state index contributed by atoms with van der Waals surface area (Å²) in [4.78, 5) is 15.1. The maximum absolute atomic E-state index is 12.3. The number of thioether (sulfide) groups is 1. The van der Waals surface area contributed by atoms with Crippen LogP contribution in [0.1, 0.15) is 5.56 Å². The normalized spacial score (nSPS) is 12.7. The van der Waals surface area contributed by atoms with Crippen molar-refractivity contribution in [3.05, 3.63) is 54.1 Å². The minimum Gasteiger partial charge on any atom is -0.486 e. The Morgan fingerprint density at radius 1 is 1.09 bits per heavy atom. The van der Waals surface area contributed by atoms with Crippen LogP contribution in [0.5, 0.6) is 11.5 Å². The Morgan fingerprint density at radius 2 is 1.83 bits per heavy atom. The lowest BCUT2D eigenvalue weighted by molar-refractivity contribution is -0.127. The van der Waals surface area contributed by atoms with E-state index >= 15 is 0 Å². The van der Waals surface area contributed by atoms with Crippen LogP contribution in [0.2, 0.25) is 0 Å². The van der Waals surface area contributed by atoms with Crippen molar-refractivity contribution in [2.45, 2.75) is 11.4 Å². The van der Waals surface area contributed by atoms with E-state index in [-0.39, 0.29) is 5.91 Å². The van der Waals surface area contributed by atoms with Gasteiger partial charge in [-0.15, -0.1) is 11.8 Å². The molecule has 0 aromatic heterocycles. The van der Waals surface area contributed by atoms with Crippen molar-refractivity contribution < 1.29 is 14.3 Å². The van der Waals surface area contributed by atoms with Gasteiger partial charge in [0, 0.05) is 18.5 Å². The second-order valence-electron chi connectivity index (χ2n) is 5.33. The smallest absolute Gasteiger partial charge is 0.232 e. The summed E-state index contributed by atoms with van der Waals surface area (Å²) in [5.74, 6) is 2.07. The van der Waals surface area contributed by atoms with Gasteiger partial charge < -0.3 is 14.4 Å². The highest BCUT2D eigenvalue weighted by molar-refractivity contribution is 8.00. The summed E-state index contributed by atoms with van der Waals surface area (Å²) in [6.07, 6.45) is 0. The van der Waals surface area contributed by atoms with E-state index < -0.39 is 0 Å². The number of carbonyl (C=O) groups excluding carboxylic acids is 1. The SMILES string of the molecule is CN(Cc1ccc2c(c1)OCCO2)C(=O)CSc1ccccc1. The third-order valence-corrected chi connectivity index (χ3v) is 4.55. The van der Waals surface area contributed by atoms with Gasteiger partial charge in [0.1, 0.15) is 13.2 Å². The molecule has 4 nitrogen and oxygen atoms in total. The minimum absolute atomic E-state index is 0.105. The van der Waals surface area contributed by atoms with Crippen LogP contribution >= 0.6 is 11.8 Å². The summed E-state index contributed by atoms with van der Waals surface area (Å²) < 4.78 is 11.1. The minimum atomic E-state index is 0.105. The van der Waals surface area contributed by atoms with Crippen molar-refractivity contribution >= 4 is 17.7 Å². The number of rotatable bonds is 5. The van der Waals surface area contributed by atoms with Crippen molar-refractivity contribution in [2.24, 2.45) is 0 Å². The first-order valence-electron chi connectivity index (χ1n) is 7.53. The molecule has 0 spiro atoms. The van der Waals surface area contributed by atoms with Gasteiger partial charge in [0.25, 0.3) is 0 Å². The van der Waals surface area contributed by atoms with Crippen molar-refractivity contribution in [2.75, 3.05) is 26.0 Å². The molecular formula is C18H19NO3S. The monoisotopic (exact) mass is 329 g/mol. The van der Waals surface area contributed by atoms with E-state index in [1.807, 2.05) is 55.6 Å². The first-order valence-corrected chi connectivity index (χ1v) is 8.51. The van der Waals surface area contributed by atoms with Gasteiger partial charge in [0.05, 0.1) is 5.75 Å². The van der Waals surface area contributed by atoms with E-state index in [9.17, 15) is 4.79 Å². The summed E-state index contributed by atoms with van der Waals surface area (Å²) in [7, 11) is 1.82. The summed E-state index contributed by atoms with van der Waals surface area (Å²) >= 11 is 1.55. The zero-order valence-electron chi connectivity index (χ0n) is 13.0. The first kappa shape index (κ1) is 15.7. The molecule has 2 aromatic rings. The van der Waals surface area contributed by atoms with E-state index in [1.54, 1.807) is 16.7 Å². The Labute approximate surface area is 140 Å². The molecule has 1 amide bonds. The first-order chi connectivity index (χ1) is 11.2. The molecule has 0 atom stereocenters. The van der Waals surface area contributed by atoms with Crippen LogP contribution in [0.3, 0.4) is 0 Å². The zero-order valence-corrected chi connectivity index (χ0v) is 13.8. The molecule has 1 aliphatic heterocycles. The Hall–Kier alpha value is -2.14. The zero-order chi connectivity index (χ0) is 16.1. The Morgan fingerprint density at radius 3 is 2.61 bits per heavy atom. The maximum atomic E-state index is 12.3. The van der Waals surface area contributed by atoms with E-state index in [2.05, 4.69) is 0 Å². The van der Waals surface area contributed by atoms with Crippen LogP contribution in [0.15, 0.2) is 53.4 Å². The average molecular weight is 329 g/mol. The number of amides is 1. The van der Waals surface area contributed by atoms with E-state index in [0.29, 0.717) is 25.5 Å². The largest absolute Gasteiger partial charge is 0.486 e. The predicted molar refractivity (Wildman–Crippen MR) is 91.1 cm³/mol. The van der Waals surface area contributed by atoms with Gasteiger partial charge in [-0.2, -0.15) is 0 Å². The van der Waals surface area contributed by atoms with Gasteiger partial charge in [0.15, 0.2) is 11.5 Å². The average Bonchev–Trinajstić information content (AvgIpc) is 2.60. The number of ether oxygens (including phenoxy) is 2. The van der Waals surface area contributed by atoms with Gasteiger partial charge in [-0.05, 0) is 29.8 Å². The van der Waals surface area contributed by atoms with Crippen molar-refractivity contribution in [1.29, 1.82) is 0 Å². The summed E-state index contributed by atoms with van der Waals surface area (Å²) in [5, 5.41) is 0. The highest BCUT2D eigenvalue weighted by Crippen LogP contribution is 2.31. The molecule has 0 radical (unpaired) electrons. The van der Waals surface area contributed by atoms with Gasteiger partial charge in [0.2, 0.25) is 5.91 Å². The highest BCUT2D eigenvalue weighted by atomic mass is 32.2. The van der Waals surface area contributed by atoms with Crippen LogP contribution in [0, 0.1) is 0 Å². The van der Waals surface area contributed by atoms with Gasteiger partial charge >= 0.3 is 0 Å². The fourth-order valence-corrected chi connectivity index (χ4v) is 3.18. The molecule has 0 unspecified atom stereocenters. The second-order valence-corrected chi connectivity index (χ2v) is 6.38. The molecule has 0 aliphatic carbocycles. The lowest BCUT2D eigenvalue weighted by Gasteiger charge is -2.21. The Balaban J connectivity index is 1.55. The van der Waals surface area contributed by atoms with Crippen molar-refractivity contribution in [1.82, 2.24) is 4.90 Å². The molecular weight excluding hydrogens is 310 g/mol. The van der Waals surface area contributed by atoms with Gasteiger partial charge in [-0.25, -0.2) is 0 Å². The molecule has 0 bridgehead atoms. The van der Waals surface area contributed by atoms with Crippen molar-refractivity contribution in [3.63, 3.8) is 0 Å². The van der Waals surface area contributed by atoms with E-state index in [1.165, 1.54) is 0 Å². The molecule has 0 N–H and O–H groups in total. The topological polar surface area (TPSA) is 38.8 Å². The van der Waals surface area contributed by atoms with Gasteiger partial charge in [-0.1, -0.05) is 24.3 Å². The fraction of sp³-hybridized carbons (Fsp3) is 0.278. The molecule has 1 aliphatic rings. The molecule has 23 heavy (non-hydrogen) atoms. The number of nitrogens with zero attached hydrogens (tertiary/aromatic N) is 1. The molecule has 5 heteroatoms. The van der Waals surface area contributed by atoms with Gasteiger partial charge in [-0.3, -0.25) is 4.79 Å². The summed E-state index contributed by atoms with van der Waals surface area (Å²) in [6, 6.07) is 15.8. The number of hydrogen-bond acceptors (Lipinski definition) is 4. The Kier molecular flexibility index (Phi) is 5.08. The van der Waals surface area contributed by atoms with E-state index in [4.69, 9.17) is 9.47 Å². The fourth-order valence-electron chi connectivity index (χ4n) is 2.32. The van der Waals surface area contributed by atoms with Crippen LogP contribution in [0.4, 0.5) is 0 Å². The van der Waals surface area contributed by atoms with Crippen LogP contribution < -0.4 is 9.47 Å².